The van der Waals surface area contributed by atoms with E-state index in [0.29, 0.717) is 5.69 Å². The monoisotopic (exact) mass is 300 g/mol. The molecule has 0 saturated carbocycles. The van der Waals surface area contributed by atoms with Crippen LogP contribution in [-0.4, -0.2) is 44.3 Å². The lowest BCUT2D eigenvalue weighted by Crippen LogP contribution is -2.23. The zero-order valence-electron chi connectivity index (χ0n) is 10.5. The van der Waals surface area contributed by atoms with E-state index in [9.17, 15) is 13.2 Å². The molecule has 2 N–H and O–H groups in total. The lowest BCUT2D eigenvalue weighted by Gasteiger charge is -2.01. The maximum atomic E-state index is 11.9. The highest BCUT2D eigenvalue weighted by molar-refractivity contribution is 7.89. The molecule has 2 aromatic rings. The number of aliphatic carboxylic acids is 1. The Hall–Kier alpha value is -2.27. The van der Waals surface area contributed by atoms with Crippen LogP contribution < -0.4 is 4.72 Å². The standard InChI is InChI=1S/C9H12N6O4S/c1-14-5-8(3-10-14)20(18,19)11-2-7-4-15(13-12-7)6-9(16)17/h3-5,11H,2,6H2,1H3,(H,16,17). The van der Waals surface area contributed by atoms with Crippen molar-refractivity contribution in [3.8, 4) is 0 Å². The molecule has 11 heteroatoms. The summed E-state index contributed by atoms with van der Waals surface area (Å²) in [6.45, 7) is -0.417. The molecule has 0 saturated heterocycles. The van der Waals surface area contributed by atoms with Gasteiger partial charge in [-0.1, -0.05) is 5.21 Å². The van der Waals surface area contributed by atoms with Gasteiger partial charge in [-0.05, 0) is 0 Å². The second kappa shape index (κ2) is 5.38. The number of sulfonamides is 1. The van der Waals surface area contributed by atoms with E-state index < -0.39 is 16.0 Å². The lowest BCUT2D eigenvalue weighted by molar-refractivity contribution is -0.137. The number of aromatic nitrogens is 5. The molecule has 108 valence electrons. The van der Waals surface area contributed by atoms with Gasteiger partial charge in [0.1, 0.15) is 11.4 Å². The predicted molar refractivity (Wildman–Crippen MR) is 64.9 cm³/mol. The molecule has 10 nitrogen and oxygen atoms in total. The van der Waals surface area contributed by atoms with Gasteiger partial charge >= 0.3 is 5.97 Å². The van der Waals surface area contributed by atoms with Crippen LogP contribution in [0.3, 0.4) is 0 Å². The van der Waals surface area contributed by atoms with Gasteiger partial charge in [-0.25, -0.2) is 17.8 Å². The number of nitrogens with zero attached hydrogens (tertiary/aromatic N) is 5. The van der Waals surface area contributed by atoms with Crippen molar-refractivity contribution < 1.29 is 18.3 Å². The van der Waals surface area contributed by atoms with Gasteiger partial charge in [0.25, 0.3) is 0 Å². The summed E-state index contributed by atoms with van der Waals surface area (Å²) in [6, 6.07) is 0. The van der Waals surface area contributed by atoms with E-state index in [-0.39, 0.29) is 18.0 Å². The number of aryl methyl sites for hydroxylation is 1. The molecule has 0 bridgehead atoms. The molecular weight excluding hydrogens is 288 g/mol. The summed E-state index contributed by atoms with van der Waals surface area (Å²) >= 11 is 0. The fourth-order valence-electron chi connectivity index (χ4n) is 1.43. The van der Waals surface area contributed by atoms with Crippen LogP contribution in [0.4, 0.5) is 0 Å². The van der Waals surface area contributed by atoms with Crippen molar-refractivity contribution in [2.24, 2.45) is 7.05 Å². The first-order valence-corrected chi connectivity index (χ1v) is 6.94. The van der Waals surface area contributed by atoms with Crippen LogP contribution in [0, 0.1) is 0 Å². The number of carboxylic acid groups (broad SMARTS) is 1. The number of carbonyl (C=O) groups is 1. The van der Waals surface area contributed by atoms with Crippen molar-refractivity contribution in [2.75, 3.05) is 0 Å². The fraction of sp³-hybridized carbons (Fsp3) is 0.333. The maximum Gasteiger partial charge on any atom is 0.325 e. The minimum Gasteiger partial charge on any atom is -0.480 e. The number of carboxylic acids is 1. The smallest absolute Gasteiger partial charge is 0.325 e. The Morgan fingerprint density at radius 2 is 2.20 bits per heavy atom. The van der Waals surface area contributed by atoms with Crippen molar-refractivity contribution in [3.63, 3.8) is 0 Å². The highest BCUT2D eigenvalue weighted by atomic mass is 32.2. The lowest BCUT2D eigenvalue weighted by atomic mass is 10.5. The van der Waals surface area contributed by atoms with Crippen LogP contribution in [-0.2, 0) is 35.0 Å². The topological polar surface area (TPSA) is 132 Å². The van der Waals surface area contributed by atoms with E-state index in [2.05, 4.69) is 20.1 Å². The summed E-state index contributed by atoms with van der Waals surface area (Å²) in [6.07, 6.45) is 3.95. The third kappa shape index (κ3) is 3.39. The van der Waals surface area contributed by atoms with Gasteiger partial charge in [0.15, 0.2) is 0 Å². The molecule has 0 spiro atoms. The van der Waals surface area contributed by atoms with E-state index in [1.54, 1.807) is 7.05 Å². The van der Waals surface area contributed by atoms with Gasteiger partial charge in [0.2, 0.25) is 10.0 Å². The minimum atomic E-state index is -3.68. The minimum absolute atomic E-state index is 0.0397. The average molecular weight is 300 g/mol. The van der Waals surface area contributed by atoms with Crippen molar-refractivity contribution in [3.05, 3.63) is 24.3 Å². The maximum absolute atomic E-state index is 11.9. The van der Waals surface area contributed by atoms with E-state index in [1.807, 2.05) is 0 Å². The molecule has 2 aromatic heterocycles. The molecule has 2 heterocycles. The summed E-state index contributed by atoms with van der Waals surface area (Å²) in [7, 11) is -2.07. The van der Waals surface area contributed by atoms with E-state index in [4.69, 9.17) is 5.11 Å². The van der Waals surface area contributed by atoms with Crippen molar-refractivity contribution in [1.82, 2.24) is 29.5 Å². The third-order valence-electron chi connectivity index (χ3n) is 2.32. The van der Waals surface area contributed by atoms with Gasteiger partial charge < -0.3 is 5.11 Å². The molecule has 0 fully saturated rings. The molecule has 0 aliphatic heterocycles. The molecule has 20 heavy (non-hydrogen) atoms. The molecule has 0 amide bonds. The van der Waals surface area contributed by atoms with E-state index in [0.717, 1.165) is 4.68 Å². The Morgan fingerprint density at radius 1 is 1.45 bits per heavy atom. The van der Waals surface area contributed by atoms with Gasteiger partial charge in [-0.2, -0.15) is 5.10 Å². The zero-order valence-corrected chi connectivity index (χ0v) is 11.3. The summed E-state index contributed by atoms with van der Waals surface area (Å²) in [5.41, 5.74) is 0.318. The Kier molecular flexibility index (Phi) is 3.81. The summed E-state index contributed by atoms with van der Waals surface area (Å²) in [5.74, 6) is -1.06. The van der Waals surface area contributed by atoms with Gasteiger partial charge in [-0.15, -0.1) is 5.10 Å². The van der Waals surface area contributed by atoms with Crippen LogP contribution >= 0.6 is 0 Å². The highest BCUT2D eigenvalue weighted by Crippen LogP contribution is 2.06. The van der Waals surface area contributed by atoms with E-state index in [1.165, 1.54) is 23.3 Å². The quantitative estimate of drug-likeness (QED) is 0.668. The van der Waals surface area contributed by atoms with Gasteiger partial charge in [0.05, 0.1) is 24.6 Å². The molecule has 2 rings (SSSR count). The number of hydrogen-bond acceptors (Lipinski definition) is 6. The van der Waals surface area contributed by atoms with Crippen LogP contribution in [0.1, 0.15) is 5.69 Å². The number of nitrogens with one attached hydrogen (secondary N) is 1. The van der Waals surface area contributed by atoms with Crippen LogP contribution in [0.2, 0.25) is 0 Å². The SMILES string of the molecule is Cn1cc(S(=O)(=O)NCc2cn(CC(=O)O)nn2)cn1. The van der Waals surface area contributed by atoms with E-state index >= 15 is 0 Å². The Bertz CT molecular complexity index is 718. The van der Waals surface area contributed by atoms with Crippen molar-refractivity contribution in [1.29, 1.82) is 0 Å². The first-order valence-electron chi connectivity index (χ1n) is 5.46. The Balaban J connectivity index is 2.01. The second-order valence-corrected chi connectivity index (χ2v) is 5.74. The van der Waals surface area contributed by atoms with Crippen molar-refractivity contribution in [2.45, 2.75) is 18.0 Å². The largest absolute Gasteiger partial charge is 0.480 e. The molecule has 0 aliphatic rings. The number of hydrogen-bond donors (Lipinski definition) is 2. The van der Waals surface area contributed by atoms with Crippen LogP contribution in [0.25, 0.3) is 0 Å². The fourth-order valence-corrected chi connectivity index (χ4v) is 2.41. The molecule has 0 aliphatic carbocycles. The average Bonchev–Trinajstić information content (AvgIpc) is 2.95. The molecule has 0 unspecified atom stereocenters. The van der Waals surface area contributed by atoms with Gasteiger partial charge in [0, 0.05) is 13.2 Å². The van der Waals surface area contributed by atoms with Gasteiger partial charge in [-0.3, -0.25) is 9.48 Å². The molecule has 0 aromatic carbocycles. The second-order valence-electron chi connectivity index (χ2n) is 3.98. The molecular formula is C9H12N6O4S. The normalized spacial score (nSPS) is 11.7. The molecule has 0 atom stereocenters. The predicted octanol–water partition coefficient (Wildman–Crippen LogP) is -1.43. The first kappa shape index (κ1) is 14.1. The third-order valence-corrected chi connectivity index (χ3v) is 3.67. The summed E-state index contributed by atoms with van der Waals surface area (Å²) < 4.78 is 28.6. The Labute approximate surface area is 114 Å². The number of rotatable bonds is 6. The highest BCUT2D eigenvalue weighted by Gasteiger charge is 2.16. The summed E-state index contributed by atoms with van der Waals surface area (Å²) in [5, 5.41) is 19.6. The molecule has 0 radical (unpaired) electrons. The van der Waals surface area contributed by atoms with Crippen LogP contribution in [0.15, 0.2) is 23.5 Å². The van der Waals surface area contributed by atoms with Crippen LogP contribution in [0.5, 0.6) is 0 Å². The first-order chi connectivity index (χ1) is 9.37. The zero-order chi connectivity index (χ0) is 14.8. The van der Waals surface area contributed by atoms with Crippen molar-refractivity contribution >= 4 is 16.0 Å². The summed E-state index contributed by atoms with van der Waals surface area (Å²) in [4.78, 5) is 10.5. The Morgan fingerprint density at radius 3 is 2.80 bits per heavy atom.